The smallest absolute Gasteiger partial charge is 0.274 e. The second-order valence-corrected chi connectivity index (χ2v) is 6.97. The fourth-order valence-corrected chi connectivity index (χ4v) is 3.46. The quantitative estimate of drug-likeness (QED) is 0.920. The minimum absolute atomic E-state index is 0.182. The SMILES string of the molecule is Cc1cc(C)c(NC(=O)c2cc(C)nc(N3CCCCC3)n2)c(C)c1. The fraction of sp³-hybridized carbons (Fsp3) is 0.450. The highest BCUT2D eigenvalue weighted by molar-refractivity contribution is 6.04. The van der Waals surface area contributed by atoms with Gasteiger partial charge < -0.3 is 10.2 Å². The molecule has 0 saturated carbocycles. The molecule has 0 atom stereocenters. The Hall–Kier alpha value is -2.43. The first-order valence-electron chi connectivity index (χ1n) is 8.94. The minimum atomic E-state index is -0.182. The van der Waals surface area contributed by atoms with Crippen LogP contribution in [0.3, 0.4) is 0 Å². The second kappa shape index (κ2) is 7.21. The predicted molar refractivity (Wildman–Crippen MR) is 101 cm³/mol. The second-order valence-electron chi connectivity index (χ2n) is 6.97. The van der Waals surface area contributed by atoms with Crippen molar-refractivity contribution in [1.29, 1.82) is 0 Å². The molecule has 1 aromatic carbocycles. The highest BCUT2D eigenvalue weighted by atomic mass is 16.1. The molecule has 5 nitrogen and oxygen atoms in total. The topological polar surface area (TPSA) is 58.1 Å². The van der Waals surface area contributed by atoms with Crippen LogP contribution in [0.5, 0.6) is 0 Å². The van der Waals surface area contributed by atoms with Crippen molar-refractivity contribution < 1.29 is 4.79 Å². The summed E-state index contributed by atoms with van der Waals surface area (Å²) in [4.78, 5) is 24.0. The van der Waals surface area contributed by atoms with Crippen LogP contribution in [0, 0.1) is 27.7 Å². The normalized spacial score (nSPS) is 14.5. The lowest BCUT2D eigenvalue weighted by Gasteiger charge is -2.27. The van der Waals surface area contributed by atoms with Gasteiger partial charge in [0.2, 0.25) is 5.95 Å². The van der Waals surface area contributed by atoms with E-state index in [4.69, 9.17) is 0 Å². The number of hydrogen-bond donors (Lipinski definition) is 1. The Labute approximate surface area is 149 Å². The monoisotopic (exact) mass is 338 g/mol. The lowest BCUT2D eigenvalue weighted by atomic mass is 10.0. The third kappa shape index (κ3) is 3.98. The van der Waals surface area contributed by atoms with Gasteiger partial charge in [-0.2, -0.15) is 0 Å². The maximum atomic E-state index is 12.8. The van der Waals surface area contributed by atoms with Gasteiger partial charge in [-0.15, -0.1) is 0 Å². The van der Waals surface area contributed by atoms with Crippen LogP contribution in [0.25, 0.3) is 0 Å². The van der Waals surface area contributed by atoms with Crippen molar-refractivity contribution in [3.63, 3.8) is 0 Å². The molecule has 2 heterocycles. The van der Waals surface area contributed by atoms with Crippen molar-refractivity contribution in [2.45, 2.75) is 47.0 Å². The summed E-state index contributed by atoms with van der Waals surface area (Å²) in [5.41, 5.74) is 5.43. The molecule has 1 amide bonds. The van der Waals surface area contributed by atoms with Crippen LogP contribution in [0.1, 0.15) is 52.1 Å². The zero-order valence-electron chi connectivity index (χ0n) is 15.5. The molecule has 0 spiro atoms. The molecule has 0 bridgehead atoms. The van der Waals surface area contributed by atoms with E-state index < -0.39 is 0 Å². The van der Waals surface area contributed by atoms with Crippen LogP contribution < -0.4 is 10.2 Å². The molecule has 5 heteroatoms. The number of aromatic nitrogens is 2. The van der Waals surface area contributed by atoms with Crippen LogP contribution >= 0.6 is 0 Å². The van der Waals surface area contributed by atoms with Gasteiger partial charge >= 0.3 is 0 Å². The third-order valence-corrected chi connectivity index (χ3v) is 4.63. The van der Waals surface area contributed by atoms with Crippen LogP contribution in [0.15, 0.2) is 18.2 Å². The number of nitrogens with zero attached hydrogens (tertiary/aromatic N) is 3. The summed E-state index contributed by atoms with van der Waals surface area (Å²) in [6.07, 6.45) is 3.56. The van der Waals surface area contributed by atoms with Crippen molar-refractivity contribution in [2.75, 3.05) is 23.3 Å². The van der Waals surface area contributed by atoms with Gasteiger partial charge in [0.1, 0.15) is 5.69 Å². The first-order valence-corrected chi connectivity index (χ1v) is 8.94. The molecular formula is C20H26N4O. The first kappa shape index (κ1) is 17.4. The Morgan fingerprint density at radius 2 is 1.60 bits per heavy atom. The van der Waals surface area contributed by atoms with Gasteiger partial charge in [0.05, 0.1) is 0 Å². The van der Waals surface area contributed by atoms with Crippen molar-refractivity contribution in [1.82, 2.24) is 9.97 Å². The van der Waals surface area contributed by atoms with E-state index in [2.05, 4.69) is 39.2 Å². The lowest BCUT2D eigenvalue weighted by Crippen LogP contribution is -2.31. The van der Waals surface area contributed by atoms with E-state index in [1.165, 1.54) is 12.0 Å². The molecule has 2 aromatic rings. The molecule has 25 heavy (non-hydrogen) atoms. The summed E-state index contributed by atoms with van der Waals surface area (Å²) in [5.74, 6) is 0.487. The summed E-state index contributed by atoms with van der Waals surface area (Å²) in [5, 5.41) is 3.03. The predicted octanol–water partition coefficient (Wildman–Crippen LogP) is 3.95. The largest absolute Gasteiger partial charge is 0.341 e. The van der Waals surface area contributed by atoms with Crippen molar-refractivity contribution in [3.05, 3.63) is 46.3 Å². The molecule has 1 N–H and O–H groups in total. The number of carbonyl (C=O) groups excluding carboxylic acids is 1. The molecule has 0 unspecified atom stereocenters. The van der Waals surface area contributed by atoms with Crippen molar-refractivity contribution in [3.8, 4) is 0 Å². The van der Waals surface area contributed by atoms with Crippen LogP contribution in [-0.4, -0.2) is 29.0 Å². The summed E-state index contributed by atoms with van der Waals surface area (Å²) in [7, 11) is 0. The third-order valence-electron chi connectivity index (χ3n) is 4.63. The number of benzene rings is 1. The average Bonchev–Trinajstić information content (AvgIpc) is 2.58. The molecule has 1 fully saturated rings. The fourth-order valence-electron chi connectivity index (χ4n) is 3.46. The number of piperidine rings is 1. The summed E-state index contributed by atoms with van der Waals surface area (Å²) in [6.45, 7) is 9.92. The Bertz CT molecular complexity index is 771. The van der Waals surface area contributed by atoms with Gasteiger partial charge in [-0.1, -0.05) is 17.7 Å². The van der Waals surface area contributed by atoms with Crippen molar-refractivity contribution >= 4 is 17.5 Å². The molecular weight excluding hydrogens is 312 g/mol. The summed E-state index contributed by atoms with van der Waals surface area (Å²) in [6, 6.07) is 5.90. The number of carbonyl (C=O) groups is 1. The standard InChI is InChI=1S/C20H26N4O/c1-13-10-14(2)18(15(3)11-13)23-19(25)17-12-16(4)21-20(22-17)24-8-6-5-7-9-24/h10-12H,5-9H2,1-4H3,(H,23,25). The molecule has 1 saturated heterocycles. The number of amides is 1. The van der Waals surface area contributed by atoms with E-state index in [9.17, 15) is 4.79 Å². The molecule has 1 aliphatic rings. The molecule has 3 rings (SSSR count). The Morgan fingerprint density at radius 3 is 2.24 bits per heavy atom. The number of rotatable bonds is 3. The maximum Gasteiger partial charge on any atom is 0.274 e. The van der Waals surface area contributed by atoms with Crippen LogP contribution in [-0.2, 0) is 0 Å². The van der Waals surface area contributed by atoms with E-state index >= 15 is 0 Å². The molecule has 1 aromatic heterocycles. The Kier molecular flexibility index (Phi) is 5.02. The number of nitrogens with one attached hydrogen (secondary N) is 1. The molecule has 132 valence electrons. The van der Waals surface area contributed by atoms with Crippen molar-refractivity contribution in [2.24, 2.45) is 0 Å². The average molecular weight is 338 g/mol. The number of anilines is 2. The Balaban J connectivity index is 1.86. The number of hydrogen-bond acceptors (Lipinski definition) is 4. The van der Waals surface area contributed by atoms with Gasteiger partial charge in [-0.25, -0.2) is 9.97 Å². The van der Waals surface area contributed by atoms with E-state index in [1.54, 1.807) is 6.07 Å². The summed E-state index contributed by atoms with van der Waals surface area (Å²) >= 11 is 0. The number of aryl methyl sites for hydroxylation is 4. The first-order chi connectivity index (χ1) is 11.9. The highest BCUT2D eigenvalue weighted by Crippen LogP contribution is 2.23. The molecule has 0 radical (unpaired) electrons. The van der Waals surface area contributed by atoms with E-state index in [0.29, 0.717) is 11.6 Å². The lowest BCUT2D eigenvalue weighted by molar-refractivity contribution is 0.102. The summed E-state index contributed by atoms with van der Waals surface area (Å²) < 4.78 is 0. The van der Waals surface area contributed by atoms with Gasteiger partial charge in [0, 0.05) is 24.5 Å². The van der Waals surface area contributed by atoms with Crippen LogP contribution in [0.2, 0.25) is 0 Å². The molecule has 1 aliphatic heterocycles. The van der Waals surface area contributed by atoms with Gasteiger partial charge in [-0.3, -0.25) is 4.79 Å². The zero-order chi connectivity index (χ0) is 18.0. The maximum absolute atomic E-state index is 12.8. The van der Waals surface area contributed by atoms with Gasteiger partial charge in [-0.05, 0) is 64.2 Å². The van der Waals surface area contributed by atoms with Gasteiger partial charge in [0.15, 0.2) is 0 Å². The Morgan fingerprint density at radius 1 is 0.960 bits per heavy atom. The minimum Gasteiger partial charge on any atom is -0.341 e. The highest BCUT2D eigenvalue weighted by Gasteiger charge is 2.18. The van der Waals surface area contributed by atoms with E-state index in [-0.39, 0.29) is 5.91 Å². The van der Waals surface area contributed by atoms with Gasteiger partial charge in [0.25, 0.3) is 5.91 Å². The zero-order valence-corrected chi connectivity index (χ0v) is 15.5. The van der Waals surface area contributed by atoms with E-state index in [1.807, 2.05) is 20.8 Å². The van der Waals surface area contributed by atoms with Crippen LogP contribution in [0.4, 0.5) is 11.6 Å². The molecule has 0 aliphatic carbocycles. The van der Waals surface area contributed by atoms with E-state index in [0.717, 1.165) is 48.4 Å².